The van der Waals surface area contributed by atoms with Crippen LogP contribution in [-0.2, 0) is 10.0 Å². The molecule has 24 heavy (non-hydrogen) atoms. The summed E-state index contributed by atoms with van der Waals surface area (Å²) in [6.07, 6.45) is 1.60. The molecule has 1 fully saturated rings. The van der Waals surface area contributed by atoms with Gasteiger partial charge in [0.05, 0.1) is 17.5 Å². The lowest BCUT2D eigenvalue weighted by molar-refractivity contribution is 0.340. The maximum atomic E-state index is 13.0. The zero-order chi connectivity index (χ0) is 17.2. The highest BCUT2D eigenvalue weighted by molar-refractivity contribution is 7.89. The first-order valence-electron chi connectivity index (χ1n) is 8.03. The smallest absolute Gasteiger partial charge is 0.243 e. The van der Waals surface area contributed by atoms with Crippen LogP contribution in [0, 0.1) is 0 Å². The number of sulfonamides is 1. The first-order chi connectivity index (χ1) is 11.5. The number of nitrogens with zero attached hydrogens (tertiary/aromatic N) is 1. The molecule has 2 aromatic carbocycles. The molecule has 0 saturated carbocycles. The van der Waals surface area contributed by atoms with Gasteiger partial charge in [-0.15, -0.1) is 0 Å². The van der Waals surface area contributed by atoms with Gasteiger partial charge in [-0.1, -0.05) is 29.8 Å². The van der Waals surface area contributed by atoms with Gasteiger partial charge in [0.25, 0.3) is 0 Å². The van der Waals surface area contributed by atoms with Gasteiger partial charge < -0.3 is 4.74 Å². The Morgan fingerprint density at radius 2 is 1.88 bits per heavy atom. The second-order valence-electron chi connectivity index (χ2n) is 5.70. The van der Waals surface area contributed by atoms with Crippen molar-refractivity contribution >= 4 is 21.6 Å². The van der Waals surface area contributed by atoms with E-state index in [1.165, 1.54) is 0 Å². The molecule has 1 saturated heterocycles. The average molecular weight is 366 g/mol. The van der Waals surface area contributed by atoms with Gasteiger partial charge in [-0.2, -0.15) is 4.31 Å². The predicted molar refractivity (Wildman–Crippen MR) is 94.9 cm³/mol. The number of ether oxygens (including phenoxy) is 1. The van der Waals surface area contributed by atoms with E-state index in [-0.39, 0.29) is 10.9 Å². The molecule has 1 heterocycles. The molecule has 1 atom stereocenters. The molecule has 0 radical (unpaired) electrons. The fourth-order valence-electron chi connectivity index (χ4n) is 3.09. The van der Waals surface area contributed by atoms with Gasteiger partial charge >= 0.3 is 0 Å². The van der Waals surface area contributed by atoms with Gasteiger partial charge in [0.2, 0.25) is 10.0 Å². The molecule has 0 unspecified atom stereocenters. The quantitative estimate of drug-likeness (QED) is 0.795. The maximum Gasteiger partial charge on any atom is 0.243 e. The summed E-state index contributed by atoms with van der Waals surface area (Å²) in [6, 6.07) is 13.8. The van der Waals surface area contributed by atoms with Crippen molar-refractivity contribution in [1.29, 1.82) is 0 Å². The van der Waals surface area contributed by atoms with Crippen LogP contribution < -0.4 is 4.74 Å². The summed E-state index contributed by atoms with van der Waals surface area (Å²) in [6.45, 7) is 2.95. The lowest BCUT2D eigenvalue weighted by atomic mass is 10.1. The second kappa shape index (κ2) is 7.13. The van der Waals surface area contributed by atoms with Crippen molar-refractivity contribution in [2.24, 2.45) is 0 Å². The first kappa shape index (κ1) is 17.3. The highest BCUT2D eigenvalue weighted by atomic mass is 35.5. The number of halogens is 1. The van der Waals surface area contributed by atoms with Gasteiger partial charge in [0, 0.05) is 11.6 Å². The van der Waals surface area contributed by atoms with Crippen LogP contribution in [0.1, 0.15) is 31.4 Å². The van der Waals surface area contributed by atoms with E-state index in [2.05, 4.69) is 0 Å². The third-order valence-electron chi connectivity index (χ3n) is 4.21. The predicted octanol–water partition coefficient (Wildman–Crippen LogP) is 4.26. The topological polar surface area (TPSA) is 46.6 Å². The van der Waals surface area contributed by atoms with E-state index >= 15 is 0 Å². The Balaban J connectivity index is 1.92. The largest absolute Gasteiger partial charge is 0.494 e. The van der Waals surface area contributed by atoms with Crippen molar-refractivity contribution in [3.63, 3.8) is 0 Å². The fraction of sp³-hybridized carbons (Fsp3) is 0.333. The Hall–Kier alpha value is -1.56. The highest BCUT2D eigenvalue weighted by Gasteiger charge is 2.36. The molecule has 0 N–H and O–H groups in total. The normalized spacial score (nSPS) is 18.7. The van der Waals surface area contributed by atoms with Crippen molar-refractivity contribution in [2.45, 2.75) is 30.7 Å². The van der Waals surface area contributed by atoms with Crippen molar-refractivity contribution in [2.75, 3.05) is 13.2 Å². The van der Waals surface area contributed by atoms with E-state index in [4.69, 9.17) is 16.3 Å². The summed E-state index contributed by atoms with van der Waals surface area (Å²) in [5, 5.41) is 0.608. The van der Waals surface area contributed by atoms with Crippen LogP contribution >= 0.6 is 11.6 Å². The Kier molecular flexibility index (Phi) is 5.13. The van der Waals surface area contributed by atoms with Crippen LogP contribution in [0.2, 0.25) is 5.02 Å². The Bertz CT molecular complexity index is 805. The van der Waals surface area contributed by atoms with Crippen molar-refractivity contribution in [3.05, 3.63) is 59.1 Å². The highest BCUT2D eigenvalue weighted by Crippen LogP contribution is 2.39. The molecule has 2 aromatic rings. The van der Waals surface area contributed by atoms with E-state index in [0.29, 0.717) is 23.9 Å². The van der Waals surface area contributed by atoms with Crippen LogP contribution in [0.5, 0.6) is 5.75 Å². The van der Waals surface area contributed by atoms with Gasteiger partial charge in [-0.05, 0) is 55.7 Å². The molecule has 1 aliphatic rings. The molecule has 0 spiro atoms. The van der Waals surface area contributed by atoms with Crippen LogP contribution in [0.4, 0.5) is 0 Å². The van der Waals surface area contributed by atoms with E-state index in [1.807, 2.05) is 25.1 Å². The molecule has 0 amide bonds. The van der Waals surface area contributed by atoms with Crippen molar-refractivity contribution < 1.29 is 13.2 Å². The van der Waals surface area contributed by atoms with Gasteiger partial charge in [0.1, 0.15) is 5.75 Å². The summed E-state index contributed by atoms with van der Waals surface area (Å²) in [5.41, 5.74) is 0.867. The summed E-state index contributed by atoms with van der Waals surface area (Å²) in [5.74, 6) is 0.667. The number of benzene rings is 2. The average Bonchev–Trinajstić information content (AvgIpc) is 3.06. The molecule has 0 aliphatic carbocycles. The van der Waals surface area contributed by atoms with Crippen LogP contribution in [0.3, 0.4) is 0 Å². The van der Waals surface area contributed by atoms with Crippen LogP contribution in [0.25, 0.3) is 0 Å². The zero-order valence-electron chi connectivity index (χ0n) is 13.5. The monoisotopic (exact) mass is 365 g/mol. The second-order valence-corrected chi connectivity index (χ2v) is 8.00. The van der Waals surface area contributed by atoms with E-state index in [1.54, 1.807) is 34.6 Å². The zero-order valence-corrected chi connectivity index (χ0v) is 15.1. The molecule has 6 heteroatoms. The van der Waals surface area contributed by atoms with E-state index < -0.39 is 10.0 Å². The minimum Gasteiger partial charge on any atom is -0.494 e. The van der Waals surface area contributed by atoms with Gasteiger partial charge in [-0.25, -0.2) is 8.42 Å². The molecular weight excluding hydrogens is 346 g/mol. The Morgan fingerprint density at radius 1 is 1.17 bits per heavy atom. The van der Waals surface area contributed by atoms with Gasteiger partial charge in [0.15, 0.2) is 0 Å². The third kappa shape index (κ3) is 3.29. The summed E-state index contributed by atoms with van der Waals surface area (Å²) in [7, 11) is -3.57. The Morgan fingerprint density at radius 3 is 2.54 bits per heavy atom. The van der Waals surface area contributed by atoms with Crippen molar-refractivity contribution in [3.8, 4) is 5.75 Å². The molecule has 4 nitrogen and oxygen atoms in total. The third-order valence-corrected chi connectivity index (χ3v) is 6.48. The van der Waals surface area contributed by atoms with Crippen molar-refractivity contribution in [1.82, 2.24) is 4.31 Å². The number of hydrogen-bond acceptors (Lipinski definition) is 3. The summed E-state index contributed by atoms with van der Waals surface area (Å²) >= 11 is 6.28. The maximum absolute atomic E-state index is 13.0. The summed E-state index contributed by atoms with van der Waals surface area (Å²) in [4.78, 5) is 0.282. The van der Waals surface area contributed by atoms with E-state index in [0.717, 1.165) is 18.4 Å². The molecule has 0 bridgehead atoms. The van der Waals surface area contributed by atoms with Crippen LogP contribution in [-0.4, -0.2) is 25.9 Å². The molecule has 0 aromatic heterocycles. The molecule has 128 valence electrons. The summed E-state index contributed by atoms with van der Waals surface area (Å²) < 4.78 is 33.0. The standard InChI is InChI=1S/C18H20ClNO3S/c1-2-23-14-9-11-15(12-10-14)24(21,22)20-13-5-8-18(20)16-6-3-4-7-17(16)19/h3-4,6-7,9-12,18H,2,5,8,13H2,1H3/t18-/m0/s1. The molecule has 1 aliphatic heterocycles. The number of rotatable bonds is 5. The first-order valence-corrected chi connectivity index (χ1v) is 9.85. The molecular formula is C18H20ClNO3S. The lowest BCUT2D eigenvalue weighted by Gasteiger charge is -2.25. The van der Waals surface area contributed by atoms with Gasteiger partial charge in [-0.3, -0.25) is 0 Å². The van der Waals surface area contributed by atoms with Crippen LogP contribution in [0.15, 0.2) is 53.4 Å². The SMILES string of the molecule is CCOc1ccc(S(=O)(=O)N2CCC[C@H]2c2ccccc2Cl)cc1. The molecule has 3 rings (SSSR count). The Labute approximate surface area is 148 Å². The minimum absolute atomic E-state index is 0.213. The number of hydrogen-bond donors (Lipinski definition) is 0. The minimum atomic E-state index is -3.57. The lowest BCUT2D eigenvalue weighted by Crippen LogP contribution is -2.30. The van der Waals surface area contributed by atoms with E-state index in [9.17, 15) is 8.42 Å². The fourth-order valence-corrected chi connectivity index (χ4v) is 5.03.